The van der Waals surface area contributed by atoms with E-state index < -0.39 is 5.97 Å². The van der Waals surface area contributed by atoms with Crippen LogP contribution in [0.4, 0.5) is 0 Å². The van der Waals surface area contributed by atoms with E-state index in [1.165, 1.54) is 27.4 Å². The topological polar surface area (TPSA) is 80.0 Å². The molecule has 7 heteroatoms. The number of nitrogens with zero attached hydrogens (tertiary/aromatic N) is 1. The molecule has 1 aromatic carbocycles. The summed E-state index contributed by atoms with van der Waals surface area (Å²) in [6.07, 6.45) is 0. The van der Waals surface area contributed by atoms with Crippen molar-refractivity contribution >= 4 is 5.97 Å². The normalized spacial score (nSPS) is 10.1. The summed E-state index contributed by atoms with van der Waals surface area (Å²) in [6, 6.07) is 4.83. The molecule has 0 saturated heterocycles. The lowest BCUT2D eigenvalue weighted by Gasteiger charge is -2.13. The number of ether oxygens (including phenoxy) is 4. The van der Waals surface area contributed by atoms with Crippen LogP contribution in [0.2, 0.25) is 0 Å². The Hall–Kier alpha value is -2.70. The standard InChI is InChI=1S/C14H15NO6/c1-17-8-5-10(18-2)13(11(6-8)19-3)9-7-12(21-15-9)14(16)20-4/h5-7H,1-4H3. The Balaban J connectivity index is 2.56. The lowest BCUT2D eigenvalue weighted by Crippen LogP contribution is -1.98. The van der Waals surface area contributed by atoms with E-state index in [4.69, 9.17) is 18.7 Å². The minimum atomic E-state index is -0.611. The largest absolute Gasteiger partial charge is 0.496 e. The molecule has 0 radical (unpaired) electrons. The Morgan fingerprint density at radius 3 is 2.10 bits per heavy atom. The van der Waals surface area contributed by atoms with Gasteiger partial charge in [-0.1, -0.05) is 5.16 Å². The molecule has 7 nitrogen and oxygen atoms in total. The Bertz CT molecular complexity index is 624. The minimum absolute atomic E-state index is 0.00701. The van der Waals surface area contributed by atoms with Gasteiger partial charge in [-0.3, -0.25) is 0 Å². The van der Waals surface area contributed by atoms with Crippen LogP contribution < -0.4 is 14.2 Å². The van der Waals surface area contributed by atoms with Gasteiger partial charge in [0, 0.05) is 18.2 Å². The molecule has 0 atom stereocenters. The van der Waals surface area contributed by atoms with E-state index in [0.29, 0.717) is 28.5 Å². The monoisotopic (exact) mass is 293 g/mol. The van der Waals surface area contributed by atoms with Gasteiger partial charge in [0.15, 0.2) is 0 Å². The first-order chi connectivity index (χ1) is 10.1. The molecule has 0 saturated carbocycles. The number of carbonyl (C=O) groups excluding carboxylic acids is 1. The number of hydrogen-bond donors (Lipinski definition) is 0. The van der Waals surface area contributed by atoms with Crippen molar-refractivity contribution in [2.45, 2.75) is 0 Å². The number of hydrogen-bond acceptors (Lipinski definition) is 7. The Morgan fingerprint density at radius 1 is 1.00 bits per heavy atom. The van der Waals surface area contributed by atoms with E-state index in [0.717, 1.165) is 0 Å². The van der Waals surface area contributed by atoms with Crippen molar-refractivity contribution in [2.24, 2.45) is 0 Å². The molecular formula is C14H15NO6. The summed E-state index contributed by atoms with van der Waals surface area (Å²) >= 11 is 0. The maximum absolute atomic E-state index is 11.4. The van der Waals surface area contributed by atoms with E-state index in [2.05, 4.69) is 9.89 Å². The van der Waals surface area contributed by atoms with Gasteiger partial charge in [0.2, 0.25) is 5.76 Å². The van der Waals surface area contributed by atoms with Gasteiger partial charge in [-0.2, -0.15) is 0 Å². The number of methoxy groups -OCH3 is 4. The van der Waals surface area contributed by atoms with Gasteiger partial charge < -0.3 is 23.5 Å². The van der Waals surface area contributed by atoms with Crippen LogP contribution >= 0.6 is 0 Å². The molecule has 0 amide bonds. The molecule has 0 aliphatic carbocycles. The molecule has 1 heterocycles. The lowest BCUT2D eigenvalue weighted by molar-refractivity contribution is 0.0554. The quantitative estimate of drug-likeness (QED) is 0.781. The van der Waals surface area contributed by atoms with Gasteiger partial charge >= 0.3 is 5.97 Å². The fourth-order valence-corrected chi connectivity index (χ4v) is 1.85. The van der Waals surface area contributed by atoms with Gasteiger partial charge in [0.05, 0.1) is 34.0 Å². The molecule has 2 aromatic rings. The zero-order valence-electron chi connectivity index (χ0n) is 12.1. The first kappa shape index (κ1) is 14.7. The molecule has 0 spiro atoms. The SMILES string of the molecule is COC(=O)c1cc(-c2c(OC)cc(OC)cc2OC)no1. The number of esters is 1. The van der Waals surface area contributed by atoms with Crippen LogP contribution in [0.5, 0.6) is 17.2 Å². The number of rotatable bonds is 5. The second-order valence-electron chi connectivity index (χ2n) is 3.97. The lowest BCUT2D eigenvalue weighted by atomic mass is 10.1. The summed E-state index contributed by atoms with van der Waals surface area (Å²) in [7, 11) is 5.83. The highest BCUT2D eigenvalue weighted by molar-refractivity contribution is 5.88. The average molecular weight is 293 g/mol. The van der Waals surface area contributed by atoms with Crippen LogP contribution in [0.3, 0.4) is 0 Å². The molecule has 21 heavy (non-hydrogen) atoms. The van der Waals surface area contributed by atoms with Crippen molar-refractivity contribution in [3.8, 4) is 28.5 Å². The fraction of sp³-hybridized carbons (Fsp3) is 0.286. The Labute approximate surface area is 121 Å². The number of carbonyl (C=O) groups is 1. The fourth-order valence-electron chi connectivity index (χ4n) is 1.85. The smallest absolute Gasteiger partial charge is 0.376 e. The summed E-state index contributed by atoms with van der Waals surface area (Å²) in [5.74, 6) is 0.920. The summed E-state index contributed by atoms with van der Waals surface area (Å²) in [6.45, 7) is 0. The zero-order chi connectivity index (χ0) is 15.4. The summed E-state index contributed by atoms with van der Waals surface area (Å²) in [5, 5.41) is 3.85. The predicted molar refractivity (Wildman–Crippen MR) is 72.9 cm³/mol. The van der Waals surface area contributed by atoms with Crippen LogP contribution in [0.15, 0.2) is 22.7 Å². The van der Waals surface area contributed by atoms with Crippen LogP contribution in [-0.2, 0) is 4.74 Å². The number of aromatic nitrogens is 1. The average Bonchev–Trinajstić information content (AvgIpc) is 3.01. The molecule has 2 rings (SSSR count). The first-order valence-electron chi connectivity index (χ1n) is 6.00. The minimum Gasteiger partial charge on any atom is -0.496 e. The zero-order valence-corrected chi connectivity index (χ0v) is 12.1. The molecule has 0 fully saturated rings. The third-order valence-electron chi connectivity index (χ3n) is 2.87. The first-order valence-corrected chi connectivity index (χ1v) is 6.00. The van der Waals surface area contributed by atoms with Crippen LogP contribution in [0, 0.1) is 0 Å². The van der Waals surface area contributed by atoms with E-state index >= 15 is 0 Å². The van der Waals surface area contributed by atoms with Crippen molar-refractivity contribution in [2.75, 3.05) is 28.4 Å². The van der Waals surface area contributed by atoms with Crippen molar-refractivity contribution in [3.63, 3.8) is 0 Å². The summed E-state index contributed by atoms with van der Waals surface area (Å²) in [5.41, 5.74) is 0.950. The van der Waals surface area contributed by atoms with Crippen LogP contribution in [0.25, 0.3) is 11.3 Å². The van der Waals surface area contributed by atoms with E-state index in [-0.39, 0.29) is 5.76 Å². The Kier molecular flexibility index (Phi) is 4.32. The van der Waals surface area contributed by atoms with Crippen LogP contribution in [0.1, 0.15) is 10.6 Å². The third kappa shape index (κ3) is 2.76. The second-order valence-corrected chi connectivity index (χ2v) is 3.97. The van der Waals surface area contributed by atoms with Crippen LogP contribution in [-0.4, -0.2) is 39.6 Å². The molecule has 0 aliphatic heterocycles. The highest BCUT2D eigenvalue weighted by atomic mass is 16.5. The molecule has 1 aromatic heterocycles. The Morgan fingerprint density at radius 2 is 1.62 bits per heavy atom. The highest BCUT2D eigenvalue weighted by Gasteiger charge is 2.21. The predicted octanol–water partition coefficient (Wildman–Crippen LogP) is 2.15. The van der Waals surface area contributed by atoms with Gasteiger partial charge in [-0.05, 0) is 0 Å². The molecule has 0 aliphatic rings. The molecule has 0 unspecified atom stereocenters. The molecule has 0 N–H and O–H groups in total. The van der Waals surface area contributed by atoms with E-state index in [1.807, 2.05) is 0 Å². The van der Waals surface area contributed by atoms with Gasteiger partial charge in [0.25, 0.3) is 0 Å². The van der Waals surface area contributed by atoms with Gasteiger partial charge in [-0.25, -0.2) is 4.79 Å². The maximum atomic E-state index is 11.4. The van der Waals surface area contributed by atoms with Crippen molar-refractivity contribution < 1.29 is 28.3 Å². The molecular weight excluding hydrogens is 278 g/mol. The highest BCUT2D eigenvalue weighted by Crippen LogP contribution is 2.41. The summed E-state index contributed by atoms with van der Waals surface area (Å²) < 4.78 is 25.4. The summed E-state index contributed by atoms with van der Waals surface area (Å²) in [4.78, 5) is 11.4. The van der Waals surface area contributed by atoms with Crippen molar-refractivity contribution in [3.05, 3.63) is 24.0 Å². The van der Waals surface area contributed by atoms with Crippen molar-refractivity contribution in [1.29, 1.82) is 0 Å². The van der Waals surface area contributed by atoms with Gasteiger partial charge in [-0.15, -0.1) is 0 Å². The third-order valence-corrected chi connectivity index (χ3v) is 2.87. The maximum Gasteiger partial charge on any atom is 0.376 e. The van der Waals surface area contributed by atoms with E-state index in [1.54, 1.807) is 19.2 Å². The number of benzene rings is 1. The molecule has 0 bridgehead atoms. The van der Waals surface area contributed by atoms with Crippen molar-refractivity contribution in [1.82, 2.24) is 5.16 Å². The molecule has 112 valence electrons. The van der Waals surface area contributed by atoms with E-state index in [9.17, 15) is 4.79 Å². The second kappa shape index (κ2) is 6.17. The van der Waals surface area contributed by atoms with Gasteiger partial charge in [0.1, 0.15) is 22.9 Å².